The zero-order chi connectivity index (χ0) is 12.8. The van der Waals surface area contributed by atoms with Crippen LogP contribution in [0.4, 0.5) is 0 Å². The summed E-state index contributed by atoms with van der Waals surface area (Å²) < 4.78 is 1.79. The fourth-order valence-corrected chi connectivity index (χ4v) is 3.19. The minimum Gasteiger partial charge on any atom is -0.318 e. The first-order valence-corrected chi connectivity index (χ1v) is 7.98. The summed E-state index contributed by atoms with van der Waals surface area (Å²) in [5, 5.41) is 1.11. The zero-order valence-electron chi connectivity index (χ0n) is 10.9. The van der Waals surface area contributed by atoms with E-state index in [0.29, 0.717) is 10.5 Å². The maximum absolute atomic E-state index is 11.5. The molecule has 0 spiro atoms. The van der Waals surface area contributed by atoms with E-state index in [-0.39, 0.29) is 5.69 Å². The van der Waals surface area contributed by atoms with E-state index in [1.54, 1.807) is 0 Å². The lowest BCUT2D eigenvalue weighted by atomic mass is 10.4. The first-order chi connectivity index (χ1) is 8.05. The summed E-state index contributed by atoms with van der Waals surface area (Å²) in [7, 11) is 0. The second-order valence-corrected chi connectivity index (χ2v) is 7.35. The van der Waals surface area contributed by atoms with Crippen molar-refractivity contribution in [3.05, 3.63) is 20.0 Å². The molecule has 17 heavy (non-hydrogen) atoms. The van der Waals surface area contributed by atoms with Gasteiger partial charge in [0.05, 0.1) is 0 Å². The minimum atomic E-state index is -0.125. The Morgan fingerprint density at radius 3 is 1.71 bits per heavy atom. The first-order valence-electron chi connectivity index (χ1n) is 6.05. The molecule has 1 aromatic rings. The first kappa shape index (κ1) is 14.6. The van der Waals surface area contributed by atoms with Crippen LogP contribution in [0.25, 0.3) is 0 Å². The van der Waals surface area contributed by atoms with Crippen molar-refractivity contribution in [1.29, 1.82) is 0 Å². The molecule has 100 valence electrons. The lowest BCUT2D eigenvalue weighted by Gasteiger charge is -2.02. The molecule has 0 aromatic carbocycles. The molecule has 0 aliphatic carbocycles. The van der Waals surface area contributed by atoms with Crippen molar-refractivity contribution >= 4 is 22.7 Å². The second kappa shape index (κ2) is 7.06. The quantitative estimate of drug-likeness (QED) is 0.426. The third kappa shape index (κ3) is 5.12. The third-order valence-electron chi connectivity index (χ3n) is 2.58. The number of thiol groups is 2. The standard InChI is InChI=1S/C11H23N3OS2/c1-5-7(3)16-10-12-9(15)13-11(14-10)17-8(4)6-2/h7-8,14,16-17H,5-6H2,1-4H3,(H2,12,13,15). The van der Waals surface area contributed by atoms with Crippen molar-refractivity contribution in [2.24, 2.45) is 0 Å². The van der Waals surface area contributed by atoms with Crippen LogP contribution in [-0.4, -0.2) is 25.5 Å². The Balaban J connectivity index is 3.24. The largest absolute Gasteiger partial charge is 0.326 e. The van der Waals surface area contributed by atoms with Gasteiger partial charge in [-0.25, -0.2) is 4.79 Å². The summed E-state index contributed by atoms with van der Waals surface area (Å²) in [5.41, 5.74) is -0.125. The number of nitrogens with one attached hydrogen (secondary N) is 3. The molecule has 0 aliphatic heterocycles. The Morgan fingerprint density at radius 2 is 1.35 bits per heavy atom. The van der Waals surface area contributed by atoms with Gasteiger partial charge >= 0.3 is 5.69 Å². The van der Waals surface area contributed by atoms with Gasteiger partial charge in [0.15, 0.2) is 0 Å². The molecule has 6 heteroatoms. The van der Waals surface area contributed by atoms with Gasteiger partial charge in [0, 0.05) is 0 Å². The summed E-state index contributed by atoms with van der Waals surface area (Å²) in [6, 6.07) is 0. The molecule has 2 atom stereocenters. The molecule has 4 nitrogen and oxygen atoms in total. The maximum Gasteiger partial charge on any atom is 0.326 e. The van der Waals surface area contributed by atoms with Crippen molar-refractivity contribution in [2.45, 2.75) is 51.0 Å². The summed E-state index contributed by atoms with van der Waals surface area (Å²) >= 11 is 2.30. The molecule has 1 aromatic heterocycles. The van der Waals surface area contributed by atoms with Crippen LogP contribution in [-0.2, 0) is 0 Å². The van der Waals surface area contributed by atoms with E-state index < -0.39 is 0 Å². The van der Waals surface area contributed by atoms with Crippen LogP contribution in [0.5, 0.6) is 0 Å². The smallest absolute Gasteiger partial charge is 0.318 e. The number of aromatic amines is 3. The van der Waals surface area contributed by atoms with Crippen LogP contribution in [0.1, 0.15) is 40.5 Å². The molecule has 0 fully saturated rings. The molecule has 0 saturated heterocycles. The highest BCUT2D eigenvalue weighted by atomic mass is 32.1. The predicted molar refractivity (Wildman–Crippen MR) is 79.7 cm³/mol. The number of H-pyrrole nitrogens is 3. The molecule has 0 radical (unpaired) electrons. The van der Waals surface area contributed by atoms with E-state index >= 15 is 0 Å². The fourth-order valence-electron chi connectivity index (χ4n) is 1.17. The van der Waals surface area contributed by atoms with Crippen molar-refractivity contribution in [2.75, 3.05) is 0 Å². The Bertz CT molecular complexity index is 483. The van der Waals surface area contributed by atoms with Crippen LogP contribution in [0.3, 0.4) is 0 Å². The molecule has 0 aliphatic rings. The van der Waals surface area contributed by atoms with Gasteiger partial charge in [-0.05, 0) is 23.3 Å². The van der Waals surface area contributed by atoms with Gasteiger partial charge in [0.1, 0.15) is 9.54 Å². The van der Waals surface area contributed by atoms with Crippen LogP contribution in [0.15, 0.2) is 4.79 Å². The second-order valence-electron chi connectivity index (χ2n) is 4.17. The van der Waals surface area contributed by atoms with E-state index in [4.69, 9.17) is 0 Å². The van der Waals surface area contributed by atoms with Gasteiger partial charge < -0.3 is 4.98 Å². The molecule has 2 unspecified atom stereocenters. The van der Waals surface area contributed by atoms with Gasteiger partial charge in [0.2, 0.25) is 0 Å². The van der Waals surface area contributed by atoms with Crippen LogP contribution < -0.4 is 5.69 Å². The van der Waals surface area contributed by atoms with E-state index in [1.165, 1.54) is 0 Å². The Morgan fingerprint density at radius 1 is 0.941 bits per heavy atom. The van der Waals surface area contributed by atoms with E-state index in [2.05, 4.69) is 42.6 Å². The molecule has 0 saturated carbocycles. The molecule has 0 amide bonds. The van der Waals surface area contributed by atoms with Crippen molar-refractivity contribution in [1.82, 2.24) is 15.0 Å². The lowest BCUT2D eigenvalue weighted by Crippen LogP contribution is -2.12. The van der Waals surface area contributed by atoms with Crippen molar-refractivity contribution in [3.63, 3.8) is 0 Å². The molecular weight excluding hydrogens is 254 g/mol. The minimum absolute atomic E-state index is 0.125. The monoisotopic (exact) mass is 277 g/mol. The van der Waals surface area contributed by atoms with Gasteiger partial charge in [-0.15, -0.1) is 0 Å². The molecule has 1 rings (SSSR count). The van der Waals surface area contributed by atoms with Gasteiger partial charge in [-0.3, -0.25) is 9.97 Å². The highest BCUT2D eigenvalue weighted by Gasteiger charge is 1.94. The SMILES string of the molecule is CCC(C)[SH]=c1[nH]c(=O)[nH]c(=[SH]C(C)CC)[nH]1. The average molecular weight is 277 g/mol. The molecule has 0 bridgehead atoms. The Hall–Kier alpha value is -0.490. The Labute approximate surface area is 109 Å². The van der Waals surface area contributed by atoms with Gasteiger partial charge in [0.25, 0.3) is 0 Å². The van der Waals surface area contributed by atoms with E-state index in [1.807, 2.05) is 0 Å². The third-order valence-corrected chi connectivity index (χ3v) is 5.16. The average Bonchev–Trinajstić information content (AvgIpc) is 2.27. The number of hydrogen-bond donors (Lipinski definition) is 5. The maximum atomic E-state index is 11.5. The Kier molecular flexibility index (Phi) is 6.05. The summed E-state index contributed by atoms with van der Waals surface area (Å²) in [4.78, 5) is 20.4. The van der Waals surface area contributed by atoms with Gasteiger partial charge in [-0.1, -0.05) is 27.7 Å². The van der Waals surface area contributed by atoms with Gasteiger partial charge in [-0.2, -0.15) is 22.7 Å². The van der Waals surface area contributed by atoms with E-state index in [0.717, 1.165) is 45.1 Å². The normalized spacial score (nSPS) is 18.1. The van der Waals surface area contributed by atoms with Crippen LogP contribution >= 0.6 is 22.7 Å². The highest BCUT2D eigenvalue weighted by molar-refractivity contribution is 7.92. The molecule has 3 N–H and O–H groups in total. The number of aromatic nitrogens is 3. The summed E-state index contributed by atoms with van der Waals surface area (Å²) in [6.07, 6.45) is 2.21. The van der Waals surface area contributed by atoms with Crippen molar-refractivity contribution < 1.29 is 0 Å². The van der Waals surface area contributed by atoms with Crippen LogP contribution in [0, 0.1) is 9.54 Å². The predicted octanol–water partition coefficient (Wildman–Crippen LogP) is 2.62. The summed E-state index contributed by atoms with van der Waals surface area (Å²) in [5.74, 6) is 0. The van der Waals surface area contributed by atoms with Crippen molar-refractivity contribution in [3.8, 4) is 0 Å². The zero-order valence-corrected chi connectivity index (χ0v) is 12.7. The fraction of sp³-hybridized carbons (Fsp3) is 0.727. The molecule has 1 heterocycles. The highest BCUT2D eigenvalue weighted by Crippen LogP contribution is 2.08. The molecular formula is C11H23N3OS2. The number of hydrogen-bond acceptors (Lipinski definition) is 1. The topological polar surface area (TPSA) is 64.4 Å². The van der Waals surface area contributed by atoms with Crippen LogP contribution in [0.2, 0.25) is 0 Å². The van der Waals surface area contributed by atoms with E-state index in [9.17, 15) is 4.79 Å². The lowest BCUT2D eigenvalue weighted by molar-refractivity contribution is 0.896. The number of rotatable bonds is 4. The summed E-state index contributed by atoms with van der Waals surface area (Å²) in [6.45, 7) is 8.67.